The summed E-state index contributed by atoms with van der Waals surface area (Å²) in [6, 6.07) is 10.3. The molecule has 150 valence electrons. The quantitative estimate of drug-likeness (QED) is 0.384. The molecule has 2 rings (SSSR count). The van der Waals surface area contributed by atoms with Gasteiger partial charge in [-0.05, 0) is 61.9 Å². The van der Waals surface area contributed by atoms with Crippen LogP contribution in [0, 0.1) is 0 Å². The number of nitrogens with one attached hydrogen (secondary N) is 1. The molecular weight excluding hydrogens is 356 g/mol. The van der Waals surface area contributed by atoms with Crippen LogP contribution in [0.25, 0.3) is 5.03 Å². The fraction of sp³-hybridized carbons (Fsp3) is 0.565. The van der Waals surface area contributed by atoms with E-state index in [2.05, 4.69) is 43.3 Å². The van der Waals surface area contributed by atoms with E-state index in [1.54, 1.807) is 0 Å². The van der Waals surface area contributed by atoms with Crippen LogP contribution in [0.4, 0.5) is 0 Å². The van der Waals surface area contributed by atoms with E-state index in [0.29, 0.717) is 6.61 Å². The van der Waals surface area contributed by atoms with E-state index >= 15 is 0 Å². The Labute approximate surface area is 170 Å². The van der Waals surface area contributed by atoms with Crippen LogP contribution >= 0.6 is 11.6 Å². The van der Waals surface area contributed by atoms with Gasteiger partial charge in [0, 0.05) is 6.54 Å². The normalized spacial score (nSPS) is 17.2. The lowest BCUT2D eigenvalue weighted by Gasteiger charge is -2.21. The Morgan fingerprint density at radius 1 is 1.07 bits per heavy atom. The molecule has 0 amide bonds. The van der Waals surface area contributed by atoms with Gasteiger partial charge in [-0.25, -0.2) is 0 Å². The maximum atomic E-state index is 6.87. The molecule has 0 aromatic heterocycles. The van der Waals surface area contributed by atoms with Crippen molar-refractivity contribution in [2.24, 2.45) is 0 Å². The van der Waals surface area contributed by atoms with Crippen molar-refractivity contribution in [1.29, 1.82) is 0 Å². The number of halogens is 1. The standard InChI is InChI=1S/C23H35ClN2O/c1-4-12-20-15-10-11-16-21(22(24)19-13-8-7-9-14-19)23(20)25-27-18-17-26(5-2)6-3/h7-9,13-14,25H,4-6,10-12,15-18H2,1-3H3. The second-order valence-electron chi connectivity index (χ2n) is 7.07. The zero-order valence-corrected chi connectivity index (χ0v) is 17.9. The third-order valence-corrected chi connectivity index (χ3v) is 5.68. The van der Waals surface area contributed by atoms with E-state index < -0.39 is 0 Å². The van der Waals surface area contributed by atoms with Crippen molar-refractivity contribution in [2.45, 2.75) is 59.3 Å². The lowest BCUT2D eigenvalue weighted by molar-refractivity contribution is 0.0469. The van der Waals surface area contributed by atoms with E-state index in [4.69, 9.17) is 16.4 Å². The Balaban J connectivity index is 2.23. The number of hydrogen-bond donors (Lipinski definition) is 1. The van der Waals surface area contributed by atoms with Crippen molar-refractivity contribution in [2.75, 3.05) is 26.2 Å². The average molecular weight is 391 g/mol. The molecule has 4 heteroatoms. The Hall–Kier alpha value is -1.29. The van der Waals surface area contributed by atoms with Gasteiger partial charge in [0.05, 0.1) is 17.3 Å². The van der Waals surface area contributed by atoms with Gasteiger partial charge in [-0.1, -0.05) is 69.1 Å². The minimum absolute atomic E-state index is 0.667. The van der Waals surface area contributed by atoms with Crippen LogP contribution in [0.2, 0.25) is 0 Å². The minimum Gasteiger partial charge on any atom is -0.301 e. The first-order valence-electron chi connectivity index (χ1n) is 10.5. The molecule has 1 aromatic carbocycles. The number of rotatable bonds is 10. The van der Waals surface area contributed by atoms with Gasteiger partial charge < -0.3 is 4.90 Å². The Kier molecular flexibility index (Phi) is 9.96. The predicted octanol–water partition coefficient (Wildman–Crippen LogP) is 6.13. The molecule has 0 saturated carbocycles. The summed E-state index contributed by atoms with van der Waals surface area (Å²) >= 11 is 6.87. The predicted molar refractivity (Wildman–Crippen MR) is 116 cm³/mol. The molecule has 0 fully saturated rings. The molecule has 0 saturated heterocycles. The molecule has 0 atom stereocenters. The van der Waals surface area contributed by atoms with Gasteiger partial charge in [0.25, 0.3) is 0 Å². The van der Waals surface area contributed by atoms with Gasteiger partial charge in [-0.3, -0.25) is 10.3 Å². The van der Waals surface area contributed by atoms with E-state index in [9.17, 15) is 0 Å². The third-order valence-electron chi connectivity index (χ3n) is 5.23. The second kappa shape index (κ2) is 12.2. The maximum absolute atomic E-state index is 6.87. The SMILES string of the molecule is CCCC1=C(NOCCN(CC)CC)C(=C(Cl)c2ccccc2)CCCC1. The first kappa shape index (κ1) is 22.0. The zero-order valence-electron chi connectivity index (χ0n) is 17.2. The van der Waals surface area contributed by atoms with Crippen molar-refractivity contribution >= 4 is 16.6 Å². The molecule has 1 N–H and O–H groups in total. The smallest absolute Gasteiger partial charge is 0.0873 e. The summed E-state index contributed by atoms with van der Waals surface area (Å²) in [4.78, 5) is 8.28. The molecule has 3 nitrogen and oxygen atoms in total. The van der Waals surface area contributed by atoms with Gasteiger partial charge >= 0.3 is 0 Å². The van der Waals surface area contributed by atoms with E-state index in [1.807, 2.05) is 18.2 Å². The first-order chi connectivity index (χ1) is 13.2. The Morgan fingerprint density at radius 2 is 1.78 bits per heavy atom. The van der Waals surface area contributed by atoms with Crippen LogP contribution in [0.1, 0.15) is 64.9 Å². The molecule has 0 spiro atoms. The van der Waals surface area contributed by atoms with Crippen LogP contribution in [0.3, 0.4) is 0 Å². The molecule has 1 aliphatic rings. The van der Waals surface area contributed by atoms with Gasteiger partial charge in [-0.15, -0.1) is 0 Å². The summed E-state index contributed by atoms with van der Waals surface area (Å²) in [6.07, 6.45) is 6.71. The fourth-order valence-corrected chi connectivity index (χ4v) is 3.92. The van der Waals surface area contributed by atoms with Gasteiger partial charge in [0.2, 0.25) is 0 Å². The van der Waals surface area contributed by atoms with Crippen molar-refractivity contribution in [3.8, 4) is 0 Å². The second-order valence-corrected chi connectivity index (χ2v) is 7.45. The van der Waals surface area contributed by atoms with Crippen LogP contribution in [0.15, 0.2) is 47.2 Å². The lowest BCUT2D eigenvalue weighted by Crippen LogP contribution is -2.29. The summed E-state index contributed by atoms with van der Waals surface area (Å²) in [5.74, 6) is 0. The molecule has 0 radical (unpaired) electrons. The molecule has 0 unspecified atom stereocenters. The van der Waals surface area contributed by atoms with Crippen molar-refractivity contribution in [1.82, 2.24) is 10.4 Å². The summed E-state index contributed by atoms with van der Waals surface area (Å²) in [5, 5.41) is 0.848. The molecule has 0 heterocycles. The van der Waals surface area contributed by atoms with Crippen LogP contribution < -0.4 is 5.48 Å². The Morgan fingerprint density at radius 3 is 2.44 bits per heavy atom. The number of nitrogens with zero attached hydrogens (tertiary/aromatic N) is 1. The largest absolute Gasteiger partial charge is 0.301 e. The van der Waals surface area contributed by atoms with Crippen molar-refractivity contribution < 1.29 is 4.84 Å². The summed E-state index contributed by atoms with van der Waals surface area (Å²) < 4.78 is 0. The highest BCUT2D eigenvalue weighted by Crippen LogP contribution is 2.36. The Bertz CT molecular complexity index is 621. The molecule has 1 aromatic rings. The van der Waals surface area contributed by atoms with E-state index in [0.717, 1.165) is 68.0 Å². The highest BCUT2D eigenvalue weighted by molar-refractivity contribution is 6.49. The zero-order chi connectivity index (χ0) is 19.5. The minimum atomic E-state index is 0.667. The highest BCUT2D eigenvalue weighted by Gasteiger charge is 2.19. The maximum Gasteiger partial charge on any atom is 0.0873 e. The number of hydrogen-bond acceptors (Lipinski definition) is 3. The van der Waals surface area contributed by atoms with Crippen LogP contribution in [0.5, 0.6) is 0 Å². The molecule has 0 aliphatic heterocycles. The number of benzene rings is 1. The third kappa shape index (κ3) is 6.67. The number of hydroxylamine groups is 1. The van der Waals surface area contributed by atoms with Gasteiger partial charge in [-0.2, -0.15) is 0 Å². The van der Waals surface area contributed by atoms with E-state index in [-0.39, 0.29) is 0 Å². The van der Waals surface area contributed by atoms with Crippen LogP contribution in [-0.2, 0) is 4.84 Å². The topological polar surface area (TPSA) is 24.5 Å². The number of allylic oxidation sites excluding steroid dienone is 2. The van der Waals surface area contributed by atoms with Gasteiger partial charge in [0.15, 0.2) is 0 Å². The molecule has 27 heavy (non-hydrogen) atoms. The average Bonchev–Trinajstić information content (AvgIpc) is 2.91. The van der Waals surface area contributed by atoms with E-state index in [1.165, 1.54) is 17.6 Å². The summed E-state index contributed by atoms with van der Waals surface area (Å²) in [6.45, 7) is 10.3. The summed E-state index contributed by atoms with van der Waals surface area (Å²) in [7, 11) is 0. The van der Waals surface area contributed by atoms with Crippen LogP contribution in [-0.4, -0.2) is 31.1 Å². The monoisotopic (exact) mass is 390 g/mol. The molecular formula is C23H35ClN2O. The summed E-state index contributed by atoms with van der Waals surface area (Å²) in [5.41, 5.74) is 8.16. The van der Waals surface area contributed by atoms with Crippen molar-refractivity contribution in [3.63, 3.8) is 0 Å². The van der Waals surface area contributed by atoms with Crippen molar-refractivity contribution in [3.05, 3.63) is 52.7 Å². The fourth-order valence-electron chi connectivity index (χ4n) is 3.61. The lowest BCUT2D eigenvalue weighted by atomic mass is 10.00. The molecule has 1 aliphatic carbocycles. The number of likely N-dealkylation sites (N-methyl/N-ethyl adjacent to an activating group) is 1. The highest BCUT2D eigenvalue weighted by atomic mass is 35.5. The van der Waals surface area contributed by atoms with Gasteiger partial charge in [0.1, 0.15) is 0 Å². The molecule has 0 bridgehead atoms. The first-order valence-corrected chi connectivity index (χ1v) is 10.9.